The Morgan fingerprint density at radius 2 is 2.17 bits per heavy atom. The molecule has 0 radical (unpaired) electrons. The molecule has 0 spiro atoms. The summed E-state index contributed by atoms with van der Waals surface area (Å²) < 4.78 is 2.46. The fourth-order valence-corrected chi connectivity index (χ4v) is 2.86. The summed E-state index contributed by atoms with van der Waals surface area (Å²) in [6.45, 7) is 9.55. The largest absolute Gasteiger partial charge is 0.310 e. The molecule has 1 N–H and O–H groups in total. The summed E-state index contributed by atoms with van der Waals surface area (Å²) in [6.07, 6.45) is 3.21. The molecule has 3 heteroatoms. The first-order chi connectivity index (χ1) is 8.58. The van der Waals surface area contributed by atoms with Crippen LogP contribution in [0.4, 0.5) is 0 Å². The van der Waals surface area contributed by atoms with Crippen LogP contribution in [0.1, 0.15) is 44.7 Å². The van der Waals surface area contributed by atoms with Crippen molar-refractivity contribution in [3.63, 3.8) is 0 Å². The van der Waals surface area contributed by atoms with Crippen molar-refractivity contribution in [2.75, 3.05) is 6.54 Å². The third-order valence-electron chi connectivity index (χ3n) is 2.97. The van der Waals surface area contributed by atoms with E-state index in [4.69, 9.17) is 0 Å². The van der Waals surface area contributed by atoms with Crippen molar-refractivity contribution in [1.29, 1.82) is 0 Å². The molecule has 0 aliphatic heterocycles. The van der Waals surface area contributed by atoms with E-state index < -0.39 is 0 Å². The van der Waals surface area contributed by atoms with Crippen LogP contribution < -0.4 is 5.32 Å². The van der Waals surface area contributed by atoms with E-state index in [0.717, 1.165) is 25.8 Å². The van der Waals surface area contributed by atoms with Crippen LogP contribution in [0.15, 0.2) is 34.8 Å². The number of nitrogens with one attached hydrogen (secondary N) is 1. The highest BCUT2D eigenvalue weighted by atomic mass is 127. The predicted molar refractivity (Wildman–Crippen MR) is 91.9 cm³/mol. The molecule has 18 heavy (non-hydrogen) atoms. The van der Waals surface area contributed by atoms with Crippen LogP contribution in [0.5, 0.6) is 0 Å². The van der Waals surface area contributed by atoms with Crippen molar-refractivity contribution in [3.8, 4) is 0 Å². The fourth-order valence-electron chi connectivity index (χ4n) is 1.83. The summed E-state index contributed by atoms with van der Waals surface area (Å²) in [4.78, 5) is 0. The quantitative estimate of drug-likeness (QED) is 0.455. The maximum atomic E-state index is 4.14. The van der Waals surface area contributed by atoms with Gasteiger partial charge in [0.2, 0.25) is 0 Å². The SMILES string of the molecule is C=C(CC)CC(NCCC)c1cc(I)ccc1Br. The summed E-state index contributed by atoms with van der Waals surface area (Å²) in [5.74, 6) is 0. The fraction of sp³-hybridized carbons (Fsp3) is 0.467. The van der Waals surface area contributed by atoms with Gasteiger partial charge < -0.3 is 5.32 Å². The maximum absolute atomic E-state index is 4.14. The third-order valence-corrected chi connectivity index (χ3v) is 4.36. The summed E-state index contributed by atoms with van der Waals surface area (Å²) in [5, 5.41) is 3.62. The first-order valence-electron chi connectivity index (χ1n) is 6.43. The van der Waals surface area contributed by atoms with Gasteiger partial charge >= 0.3 is 0 Å². The molecule has 0 aliphatic carbocycles. The van der Waals surface area contributed by atoms with Crippen molar-refractivity contribution in [2.45, 2.75) is 39.2 Å². The molecule has 0 fully saturated rings. The van der Waals surface area contributed by atoms with E-state index in [1.54, 1.807) is 0 Å². The molecule has 0 aromatic heterocycles. The molecule has 0 bridgehead atoms. The zero-order valence-corrected chi connectivity index (χ0v) is 14.8. The minimum absolute atomic E-state index is 0.362. The third kappa shape index (κ3) is 5.02. The average Bonchev–Trinajstić information content (AvgIpc) is 2.37. The first-order valence-corrected chi connectivity index (χ1v) is 8.30. The topological polar surface area (TPSA) is 12.0 Å². The Kier molecular flexibility index (Phi) is 7.49. The first kappa shape index (κ1) is 16.2. The lowest BCUT2D eigenvalue weighted by molar-refractivity contribution is 0.522. The molecule has 100 valence electrons. The lowest BCUT2D eigenvalue weighted by Gasteiger charge is -2.21. The van der Waals surface area contributed by atoms with Crippen molar-refractivity contribution < 1.29 is 0 Å². The van der Waals surface area contributed by atoms with Crippen molar-refractivity contribution >= 4 is 38.5 Å². The van der Waals surface area contributed by atoms with Crippen molar-refractivity contribution in [1.82, 2.24) is 5.32 Å². The monoisotopic (exact) mass is 421 g/mol. The minimum atomic E-state index is 0.362. The van der Waals surface area contributed by atoms with Crippen LogP contribution in [0.25, 0.3) is 0 Å². The van der Waals surface area contributed by atoms with Crippen LogP contribution in [-0.4, -0.2) is 6.54 Å². The van der Waals surface area contributed by atoms with Gasteiger partial charge in [-0.1, -0.05) is 41.9 Å². The molecule has 0 heterocycles. The summed E-state index contributed by atoms with van der Waals surface area (Å²) in [7, 11) is 0. The smallest absolute Gasteiger partial charge is 0.0369 e. The highest BCUT2D eigenvalue weighted by Gasteiger charge is 2.15. The number of hydrogen-bond donors (Lipinski definition) is 1. The molecule has 0 saturated carbocycles. The molecular formula is C15H21BrIN. The van der Waals surface area contributed by atoms with E-state index in [1.807, 2.05) is 0 Å². The minimum Gasteiger partial charge on any atom is -0.310 e. The van der Waals surface area contributed by atoms with Gasteiger partial charge in [0.25, 0.3) is 0 Å². The van der Waals surface area contributed by atoms with E-state index in [-0.39, 0.29) is 0 Å². The maximum Gasteiger partial charge on any atom is 0.0369 e. The van der Waals surface area contributed by atoms with Gasteiger partial charge in [-0.05, 0) is 72.2 Å². The molecule has 0 aliphatic rings. The Bertz CT molecular complexity index is 403. The van der Waals surface area contributed by atoms with Gasteiger partial charge in [0.15, 0.2) is 0 Å². The number of hydrogen-bond acceptors (Lipinski definition) is 1. The Morgan fingerprint density at radius 3 is 2.78 bits per heavy atom. The van der Waals surface area contributed by atoms with Crippen LogP contribution in [0.2, 0.25) is 0 Å². The Balaban J connectivity index is 2.92. The molecule has 1 atom stereocenters. The van der Waals surface area contributed by atoms with Gasteiger partial charge in [-0.15, -0.1) is 0 Å². The Morgan fingerprint density at radius 1 is 1.44 bits per heavy atom. The lowest BCUT2D eigenvalue weighted by atomic mass is 9.98. The van der Waals surface area contributed by atoms with E-state index in [9.17, 15) is 0 Å². The molecule has 1 nitrogen and oxygen atoms in total. The molecule has 1 rings (SSSR count). The van der Waals surface area contributed by atoms with Gasteiger partial charge in [0.05, 0.1) is 0 Å². The Labute approximate surface area is 133 Å². The second-order valence-electron chi connectivity index (χ2n) is 4.48. The van der Waals surface area contributed by atoms with Gasteiger partial charge in [-0.25, -0.2) is 0 Å². The summed E-state index contributed by atoms with van der Waals surface area (Å²) >= 11 is 6.03. The Hall–Kier alpha value is 0.130. The van der Waals surface area contributed by atoms with Crippen LogP contribution >= 0.6 is 38.5 Å². The average molecular weight is 422 g/mol. The van der Waals surface area contributed by atoms with Gasteiger partial charge in [-0.2, -0.15) is 0 Å². The summed E-state index contributed by atoms with van der Waals surface area (Å²) in [6, 6.07) is 6.87. The second kappa shape index (κ2) is 8.33. The van der Waals surface area contributed by atoms with E-state index in [1.165, 1.54) is 19.2 Å². The van der Waals surface area contributed by atoms with E-state index >= 15 is 0 Å². The number of halogens is 2. The number of benzene rings is 1. The predicted octanol–water partition coefficient (Wildman–Crippen LogP) is 5.45. The molecule has 1 unspecified atom stereocenters. The molecule has 1 aromatic carbocycles. The van der Waals surface area contributed by atoms with Gasteiger partial charge in [-0.3, -0.25) is 0 Å². The number of rotatable bonds is 7. The standard InChI is InChI=1S/C15H21BrIN/c1-4-8-18-15(9-11(3)5-2)13-10-12(17)6-7-14(13)16/h6-7,10,15,18H,3-5,8-9H2,1-2H3. The highest BCUT2D eigenvalue weighted by Crippen LogP contribution is 2.29. The summed E-state index contributed by atoms with van der Waals surface area (Å²) in [5.41, 5.74) is 2.64. The second-order valence-corrected chi connectivity index (χ2v) is 6.58. The normalized spacial score (nSPS) is 12.4. The molecule has 0 saturated heterocycles. The molecular weight excluding hydrogens is 401 g/mol. The van der Waals surface area contributed by atoms with Crippen LogP contribution in [0, 0.1) is 3.57 Å². The molecule has 0 amide bonds. The lowest BCUT2D eigenvalue weighted by Crippen LogP contribution is -2.23. The molecule has 1 aromatic rings. The van der Waals surface area contributed by atoms with Crippen molar-refractivity contribution in [3.05, 3.63) is 44.0 Å². The van der Waals surface area contributed by atoms with Crippen LogP contribution in [-0.2, 0) is 0 Å². The van der Waals surface area contributed by atoms with E-state index in [2.05, 4.69) is 82.5 Å². The van der Waals surface area contributed by atoms with E-state index in [0.29, 0.717) is 6.04 Å². The highest BCUT2D eigenvalue weighted by molar-refractivity contribution is 14.1. The zero-order chi connectivity index (χ0) is 13.5. The zero-order valence-electron chi connectivity index (χ0n) is 11.1. The van der Waals surface area contributed by atoms with Crippen molar-refractivity contribution in [2.24, 2.45) is 0 Å². The van der Waals surface area contributed by atoms with Crippen LogP contribution in [0.3, 0.4) is 0 Å². The van der Waals surface area contributed by atoms with Gasteiger partial charge in [0.1, 0.15) is 0 Å². The van der Waals surface area contributed by atoms with Gasteiger partial charge in [0, 0.05) is 14.1 Å².